The molecule has 96 valence electrons. The monoisotopic (exact) mass is 278 g/mol. The van der Waals surface area contributed by atoms with E-state index >= 15 is 0 Å². The molecule has 19 heavy (non-hydrogen) atoms. The molecule has 2 heterocycles. The van der Waals surface area contributed by atoms with E-state index in [1.54, 1.807) is 12.3 Å². The van der Waals surface area contributed by atoms with Crippen LogP contribution >= 0.6 is 11.6 Å². The predicted molar refractivity (Wildman–Crippen MR) is 69.4 cm³/mol. The topological polar surface area (TPSA) is 81.7 Å². The smallest absolute Gasteiger partial charge is 0.168 e. The van der Waals surface area contributed by atoms with Crippen molar-refractivity contribution in [3.8, 4) is 5.69 Å². The molecule has 1 aromatic carbocycles. The van der Waals surface area contributed by atoms with Crippen LogP contribution in [-0.4, -0.2) is 19.7 Å². The Kier molecular flexibility index (Phi) is 2.77. The number of benzene rings is 1. The Morgan fingerprint density at radius 2 is 2.16 bits per heavy atom. The molecule has 2 aromatic heterocycles. The van der Waals surface area contributed by atoms with Gasteiger partial charge in [-0.15, -0.1) is 0 Å². The average Bonchev–Trinajstić information content (AvgIpc) is 2.85. The lowest BCUT2D eigenvalue weighted by molar-refractivity contribution is 0.627. The molecule has 0 aliphatic rings. The number of anilines is 1. The molecular formula is C11H8ClFN6. The molecule has 0 bridgehead atoms. The minimum Gasteiger partial charge on any atom is -0.308 e. The first kappa shape index (κ1) is 11.8. The van der Waals surface area contributed by atoms with Gasteiger partial charge in [-0.05, 0) is 18.2 Å². The van der Waals surface area contributed by atoms with Crippen molar-refractivity contribution in [3.05, 3.63) is 41.6 Å². The zero-order valence-electron chi connectivity index (χ0n) is 9.51. The number of fused-ring (bicyclic) bond motifs is 1. The lowest BCUT2D eigenvalue weighted by atomic mass is 10.3. The number of hydrazine groups is 1. The lowest BCUT2D eigenvalue weighted by Gasteiger charge is -2.04. The third-order valence-electron chi connectivity index (χ3n) is 2.65. The molecule has 0 radical (unpaired) electrons. The van der Waals surface area contributed by atoms with Crippen LogP contribution in [0.15, 0.2) is 30.7 Å². The fourth-order valence-electron chi connectivity index (χ4n) is 1.76. The molecule has 0 aliphatic heterocycles. The van der Waals surface area contributed by atoms with E-state index in [0.717, 1.165) is 0 Å². The molecule has 8 heteroatoms. The van der Waals surface area contributed by atoms with Crippen LogP contribution < -0.4 is 11.3 Å². The summed E-state index contributed by atoms with van der Waals surface area (Å²) in [4.78, 5) is 8.11. The van der Waals surface area contributed by atoms with Gasteiger partial charge in [-0.1, -0.05) is 11.6 Å². The zero-order valence-corrected chi connectivity index (χ0v) is 10.3. The number of rotatable bonds is 2. The van der Waals surface area contributed by atoms with Crippen LogP contribution in [0, 0.1) is 5.82 Å². The zero-order chi connectivity index (χ0) is 13.4. The van der Waals surface area contributed by atoms with E-state index in [9.17, 15) is 4.39 Å². The van der Waals surface area contributed by atoms with Gasteiger partial charge in [-0.25, -0.2) is 24.9 Å². The van der Waals surface area contributed by atoms with E-state index in [1.165, 1.54) is 23.1 Å². The maximum Gasteiger partial charge on any atom is 0.168 e. The summed E-state index contributed by atoms with van der Waals surface area (Å²) in [5, 5.41) is 4.86. The Morgan fingerprint density at radius 1 is 1.32 bits per heavy atom. The SMILES string of the molecule is NNc1ncnc2c1cnn2-c1ccc(F)c(Cl)c1. The summed E-state index contributed by atoms with van der Waals surface area (Å²) < 4.78 is 14.7. The van der Waals surface area contributed by atoms with Crippen LogP contribution in [0.25, 0.3) is 16.7 Å². The van der Waals surface area contributed by atoms with Crippen molar-refractivity contribution >= 4 is 28.5 Å². The average molecular weight is 279 g/mol. The van der Waals surface area contributed by atoms with Crippen LogP contribution in [0.4, 0.5) is 10.2 Å². The van der Waals surface area contributed by atoms with Gasteiger partial charge < -0.3 is 5.43 Å². The van der Waals surface area contributed by atoms with Gasteiger partial charge in [0.2, 0.25) is 0 Å². The third-order valence-corrected chi connectivity index (χ3v) is 2.94. The normalized spacial score (nSPS) is 10.9. The van der Waals surface area contributed by atoms with Crippen molar-refractivity contribution in [2.24, 2.45) is 5.84 Å². The molecule has 0 saturated heterocycles. The molecule has 3 rings (SSSR count). The van der Waals surface area contributed by atoms with E-state index < -0.39 is 5.82 Å². The Bertz CT molecular complexity index is 756. The summed E-state index contributed by atoms with van der Waals surface area (Å²) in [6.45, 7) is 0. The lowest BCUT2D eigenvalue weighted by Crippen LogP contribution is -2.09. The highest BCUT2D eigenvalue weighted by atomic mass is 35.5. The number of nitrogens with one attached hydrogen (secondary N) is 1. The minimum absolute atomic E-state index is 0.0207. The maximum atomic E-state index is 13.2. The molecule has 6 nitrogen and oxygen atoms in total. The number of hydrogen-bond donors (Lipinski definition) is 2. The van der Waals surface area contributed by atoms with Crippen molar-refractivity contribution in [1.29, 1.82) is 0 Å². The van der Waals surface area contributed by atoms with E-state index in [1.807, 2.05) is 0 Å². The molecule has 0 aliphatic carbocycles. The van der Waals surface area contributed by atoms with Crippen molar-refractivity contribution in [3.63, 3.8) is 0 Å². The summed E-state index contributed by atoms with van der Waals surface area (Å²) in [7, 11) is 0. The second kappa shape index (κ2) is 4.45. The standard InChI is InChI=1S/C11H8ClFN6/c12-8-3-6(1-2-9(8)13)19-11-7(4-17-19)10(18-14)15-5-16-11/h1-5H,14H2,(H,15,16,18). The number of nitrogen functional groups attached to an aromatic ring is 1. The summed E-state index contributed by atoms with van der Waals surface area (Å²) >= 11 is 5.76. The molecule has 0 spiro atoms. The highest BCUT2D eigenvalue weighted by molar-refractivity contribution is 6.30. The van der Waals surface area contributed by atoms with Gasteiger partial charge in [0.15, 0.2) is 11.5 Å². The molecule has 0 unspecified atom stereocenters. The number of aromatic nitrogens is 4. The summed E-state index contributed by atoms with van der Waals surface area (Å²) in [5.41, 5.74) is 3.61. The third kappa shape index (κ3) is 1.88. The highest BCUT2D eigenvalue weighted by Crippen LogP contribution is 2.23. The Hall–Kier alpha value is -2.25. The Morgan fingerprint density at radius 3 is 2.89 bits per heavy atom. The molecule has 0 amide bonds. The summed E-state index contributed by atoms with van der Waals surface area (Å²) in [6.07, 6.45) is 2.93. The van der Waals surface area contributed by atoms with Crippen molar-refractivity contribution in [1.82, 2.24) is 19.7 Å². The summed E-state index contributed by atoms with van der Waals surface area (Å²) in [6, 6.07) is 4.31. The van der Waals surface area contributed by atoms with Gasteiger partial charge in [0.1, 0.15) is 12.1 Å². The fraction of sp³-hybridized carbons (Fsp3) is 0. The fourth-order valence-corrected chi connectivity index (χ4v) is 1.94. The highest BCUT2D eigenvalue weighted by Gasteiger charge is 2.11. The van der Waals surface area contributed by atoms with Gasteiger partial charge in [0.05, 0.1) is 22.3 Å². The minimum atomic E-state index is -0.485. The maximum absolute atomic E-state index is 13.2. The van der Waals surface area contributed by atoms with Gasteiger partial charge in [-0.3, -0.25) is 0 Å². The number of nitrogens with zero attached hydrogens (tertiary/aromatic N) is 4. The Labute approximate surface area is 112 Å². The first-order valence-electron chi connectivity index (χ1n) is 5.31. The predicted octanol–water partition coefficient (Wildman–Crippen LogP) is 1.89. The molecule has 3 aromatic rings. The number of hydrogen-bond acceptors (Lipinski definition) is 5. The van der Waals surface area contributed by atoms with E-state index in [4.69, 9.17) is 17.4 Å². The van der Waals surface area contributed by atoms with Crippen LogP contribution in [0.2, 0.25) is 5.02 Å². The second-order valence-corrected chi connectivity index (χ2v) is 4.17. The van der Waals surface area contributed by atoms with Crippen molar-refractivity contribution in [2.45, 2.75) is 0 Å². The first-order chi connectivity index (χ1) is 9.20. The van der Waals surface area contributed by atoms with Crippen LogP contribution in [0.1, 0.15) is 0 Å². The molecule has 3 N–H and O–H groups in total. The van der Waals surface area contributed by atoms with E-state index in [2.05, 4.69) is 20.5 Å². The molecule has 0 fully saturated rings. The van der Waals surface area contributed by atoms with Gasteiger partial charge >= 0.3 is 0 Å². The molecule has 0 saturated carbocycles. The first-order valence-corrected chi connectivity index (χ1v) is 5.69. The largest absolute Gasteiger partial charge is 0.308 e. The van der Waals surface area contributed by atoms with Gasteiger partial charge in [0, 0.05) is 0 Å². The van der Waals surface area contributed by atoms with Gasteiger partial charge in [-0.2, -0.15) is 5.10 Å². The second-order valence-electron chi connectivity index (χ2n) is 3.76. The summed E-state index contributed by atoms with van der Waals surface area (Å²) in [5.74, 6) is 5.34. The van der Waals surface area contributed by atoms with Crippen LogP contribution in [0.5, 0.6) is 0 Å². The van der Waals surface area contributed by atoms with Crippen LogP contribution in [-0.2, 0) is 0 Å². The number of nitrogens with two attached hydrogens (primary N) is 1. The Balaban J connectivity index is 2.23. The van der Waals surface area contributed by atoms with E-state index in [0.29, 0.717) is 22.5 Å². The van der Waals surface area contributed by atoms with Crippen molar-refractivity contribution < 1.29 is 4.39 Å². The number of halogens is 2. The molecular weight excluding hydrogens is 271 g/mol. The van der Waals surface area contributed by atoms with E-state index in [-0.39, 0.29) is 5.02 Å². The van der Waals surface area contributed by atoms with Crippen molar-refractivity contribution in [2.75, 3.05) is 5.43 Å². The van der Waals surface area contributed by atoms with Crippen LogP contribution in [0.3, 0.4) is 0 Å². The molecule has 0 atom stereocenters. The quantitative estimate of drug-likeness (QED) is 0.553. The van der Waals surface area contributed by atoms with Gasteiger partial charge in [0.25, 0.3) is 0 Å².